The number of rotatable bonds is 6. The molecule has 0 aromatic carbocycles. The molecule has 1 N–H and O–H groups in total. The minimum atomic E-state index is -0.721. The summed E-state index contributed by atoms with van der Waals surface area (Å²) in [5.74, 6) is 3.26. The number of hydrogen-bond donors (Lipinski definition) is 1. The summed E-state index contributed by atoms with van der Waals surface area (Å²) in [4.78, 5) is 0. The Morgan fingerprint density at radius 1 is 0.926 bits per heavy atom. The van der Waals surface area contributed by atoms with Crippen LogP contribution < -0.4 is 0 Å². The van der Waals surface area contributed by atoms with Gasteiger partial charge in [-0.3, -0.25) is 0 Å². The van der Waals surface area contributed by atoms with E-state index in [2.05, 4.69) is 19.9 Å². The van der Waals surface area contributed by atoms with Gasteiger partial charge in [0.05, 0.1) is 17.1 Å². The highest BCUT2D eigenvalue weighted by atomic mass is 16.3. The van der Waals surface area contributed by atoms with Crippen LogP contribution in [0.5, 0.6) is 0 Å². The van der Waals surface area contributed by atoms with Gasteiger partial charge >= 0.3 is 0 Å². The van der Waals surface area contributed by atoms with Gasteiger partial charge in [0.1, 0.15) is 0 Å². The fourth-order valence-electron chi connectivity index (χ4n) is 6.88. The molecule has 0 bridgehead atoms. The Balaban J connectivity index is 1.50. The van der Waals surface area contributed by atoms with Gasteiger partial charge in [0, 0.05) is 0 Å². The highest BCUT2D eigenvalue weighted by molar-refractivity contribution is 5.14. The average Bonchev–Trinajstić information content (AvgIpc) is 2.68. The Morgan fingerprint density at radius 2 is 1.59 bits per heavy atom. The molecule has 2 nitrogen and oxygen atoms in total. The predicted octanol–water partition coefficient (Wildman–Crippen LogP) is 7.01. The van der Waals surface area contributed by atoms with Crippen molar-refractivity contribution >= 4 is 0 Å². The molecule has 3 saturated carbocycles. The van der Waals surface area contributed by atoms with Gasteiger partial charge in [-0.15, -0.1) is 0 Å². The molecule has 0 heterocycles. The first kappa shape index (κ1) is 21.2. The zero-order valence-corrected chi connectivity index (χ0v) is 18.0. The molecule has 27 heavy (non-hydrogen) atoms. The lowest BCUT2D eigenvalue weighted by Gasteiger charge is -2.50. The van der Waals surface area contributed by atoms with E-state index in [0.29, 0.717) is 5.92 Å². The molecule has 3 fully saturated rings. The summed E-state index contributed by atoms with van der Waals surface area (Å²) >= 11 is 0. The number of nitriles is 1. The van der Waals surface area contributed by atoms with Crippen LogP contribution in [0.3, 0.4) is 0 Å². The van der Waals surface area contributed by atoms with E-state index >= 15 is 0 Å². The first-order valence-electron chi connectivity index (χ1n) is 12.2. The van der Waals surface area contributed by atoms with Gasteiger partial charge < -0.3 is 5.11 Å². The summed E-state index contributed by atoms with van der Waals surface area (Å²) in [6.45, 7) is 4.55. The molecule has 154 valence electrons. The fraction of sp³-hybridized carbons (Fsp3) is 0.960. The molecule has 0 aliphatic heterocycles. The molecule has 3 aliphatic rings. The van der Waals surface area contributed by atoms with Gasteiger partial charge in [-0.05, 0) is 75.0 Å². The molecule has 1 unspecified atom stereocenters. The van der Waals surface area contributed by atoms with Gasteiger partial charge in [-0.25, -0.2) is 0 Å². The number of nitrogens with zero attached hydrogens (tertiary/aromatic N) is 1. The Morgan fingerprint density at radius 3 is 2.19 bits per heavy atom. The van der Waals surface area contributed by atoms with E-state index in [1.807, 2.05) is 0 Å². The maximum atomic E-state index is 11.4. The van der Waals surface area contributed by atoms with E-state index in [-0.39, 0.29) is 0 Å². The summed E-state index contributed by atoms with van der Waals surface area (Å²) in [6.07, 6.45) is 19.6. The topological polar surface area (TPSA) is 44.0 Å². The smallest absolute Gasteiger partial charge is 0.0860 e. The third kappa shape index (κ3) is 4.72. The quantitative estimate of drug-likeness (QED) is 0.509. The molecule has 3 rings (SSSR count). The van der Waals surface area contributed by atoms with Crippen LogP contribution in [0.25, 0.3) is 0 Å². The van der Waals surface area contributed by atoms with Crippen molar-refractivity contribution in [1.29, 1.82) is 5.26 Å². The molecular formula is C25H43NO. The summed E-state index contributed by atoms with van der Waals surface area (Å²) in [7, 11) is 0. The largest absolute Gasteiger partial charge is 0.388 e. The van der Waals surface area contributed by atoms with Crippen LogP contribution in [-0.2, 0) is 0 Å². The van der Waals surface area contributed by atoms with Crippen LogP contribution in [-0.4, -0.2) is 10.7 Å². The minimum absolute atomic E-state index is 0.463. The molecule has 0 aromatic heterocycles. The van der Waals surface area contributed by atoms with Crippen molar-refractivity contribution in [3.8, 4) is 6.07 Å². The molecule has 0 saturated heterocycles. The van der Waals surface area contributed by atoms with Gasteiger partial charge in [0.2, 0.25) is 0 Å². The van der Waals surface area contributed by atoms with Gasteiger partial charge in [0.15, 0.2) is 0 Å². The van der Waals surface area contributed by atoms with Crippen molar-refractivity contribution in [2.75, 3.05) is 0 Å². The van der Waals surface area contributed by atoms with Crippen molar-refractivity contribution < 1.29 is 5.11 Å². The normalized spacial score (nSPS) is 43.2. The van der Waals surface area contributed by atoms with Crippen molar-refractivity contribution in [2.24, 2.45) is 29.1 Å². The SMILES string of the molecule is CCCCCC1CCC(C2CCC(C#N)([C@@]3(O)CCCC(C)C3)CC2)CC1. The monoisotopic (exact) mass is 373 g/mol. The van der Waals surface area contributed by atoms with Gasteiger partial charge in [-0.2, -0.15) is 5.26 Å². The first-order chi connectivity index (χ1) is 13.0. The number of unbranched alkanes of at least 4 members (excludes halogenated alkanes) is 2. The van der Waals surface area contributed by atoms with Crippen LogP contribution in [0.1, 0.15) is 117 Å². The zero-order valence-electron chi connectivity index (χ0n) is 18.0. The summed E-state index contributed by atoms with van der Waals surface area (Å²) in [5, 5.41) is 21.5. The van der Waals surface area contributed by atoms with Crippen LogP contribution in [0, 0.1) is 40.4 Å². The highest BCUT2D eigenvalue weighted by Gasteiger charge is 2.53. The van der Waals surface area contributed by atoms with Crippen molar-refractivity contribution in [2.45, 2.75) is 122 Å². The lowest BCUT2D eigenvalue weighted by Crippen LogP contribution is -2.52. The lowest BCUT2D eigenvalue weighted by molar-refractivity contribution is -0.115. The first-order valence-corrected chi connectivity index (χ1v) is 12.2. The molecule has 0 aromatic rings. The second-order valence-electron chi connectivity index (χ2n) is 10.5. The van der Waals surface area contributed by atoms with Crippen LogP contribution >= 0.6 is 0 Å². The highest BCUT2D eigenvalue weighted by Crippen LogP contribution is 2.54. The van der Waals surface area contributed by atoms with E-state index < -0.39 is 11.0 Å². The molecule has 0 spiro atoms. The van der Waals surface area contributed by atoms with Crippen molar-refractivity contribution in [3.05, 3.63) is 0 Å². The Bertz CT molecular complexity index is 493. The molecule has 2 heteroatoms. The molecule has 3 aliphatic carbocycles. The van der Waals surface area contributed by atoms with Crippen molar-refractivity contribution in [3.63, 3.8) is 0 Å². The number of aliphatic hydroxyl groups is 1. The van der Waals surface area contributed by atoms with E-state index in [4.69, 9.17) is 0 Å². The fourth-order valence-corrected chi connectivity index (χ4v) is 6.88. The standard InChI is InChI=1S/C25H43NO/c1-3-4-5-8-21-9-11-22(12-10-21)23-13-16-24(19-26,17-14-23)25(27)15-6-7-20(2)18-25/h20-23,27H,3-18H2,1-2H3/t20?,21?,22?,23?,24?,25-/m1/s1. The van der Waals surface area contributed by atoms with E-state index in [1.165, 1.54) is 70.6 Å². The van der Waals surface area contributed by atoms with E-state index in [0.717, 1.165) is 49.9 Å². The zero-order chi connectivity index (χ0) is 19.3. The maximum absolute atomic E-state index is 11.4. The summed E-state index contributed by atoms with van der Waals surface area (Å²) in [6, 6.07) is 2.66. The van der Waals surface area contributed by atoms with Crippen molar-refractivity contribution in [1.82, 2.24) is 0 Å². The second-order valence-corrected chi connectivity index (χ2v) is 10.5. The third-order valence-electron chi connectivity index (χ3n) is 8.74. The molecule has 0 amide bonds. The summed E-state index contributed by atoms with van der Waals surface area (Å²) in [5.41, 5.74) is -1.18. The van der Waals surface area contributed by atoms with Crippen LogP contribution in [0.15, 0.2) is 0 Å². The van der Waals surface area contributed by atoms with E-state index in [9.17, 15) is 10.4 Å². The Hall–Kier alpha value is -0.550. The van der Waals surface area contributed by atoms with Crippen LogP contribution in [0.4, 0.5) is 0 Å². The number of hydrogen-bond acceptors (Lipinski definition) is 2. The predicted molar refractivity (Wildman–Crippen MR) is 112 cm³/mol. The van der Waals surface area contributed by atoms with Gasteiger partial charge in [0.25, 0.3) is 0 Å². The minimum Gasteiger partial charge on any atom is -0.388 e. The molecular weight excluding hydrogens is 330 g/mol. The molecule has 0 radical (unpaired) electrons. The lowest BCUT2D eigenvalue weighted by atomic mass is 9.55. The average molecular weight is 374 g/mol. The summed E-state index contributed by atoms with van der Waals surface area (Å²) < 4.78 is 0. The third-order valence-corrected chi connectivity index (χ3v) is 8.74. The Labute approximate surface area is 168 Å². The van der Waals surface area contributed by atoms with E-state index in [1.54, 1.807) is 0 Å². The Kier molecular flexibility index (Phi) is 7.29. The molecule has 2 atom stereocenters. The van der Waals surface area contributed by atoms with Gasteiger partial charge in [-0.1, -0.05) is 65.2 Å². The van der Waals surface area contributed by atoms with Crippen LogP contribution in [0.2, 0.25) is 0 Å². The maximum Gasteiger partial charge on any atom is 0.0860 e. The second kappa shape index (κ2) is 9.30.